The Morgan fingerprint density at radius 2 is 1.41 bits per heavy atom. The molecule has 0 aliphatic carbocycles. The molecule has 0 fully saturated rings. The highest BCUT2D eigenvalue weighted by molar-refractivity contribution is 7.92. The molecule has 0 saturated carbocycles. The zero-order valence-corrected chi connectivity index (χ0v) is 18.7. The molecule has 0 aromatic heterocycles. The molecule has 2 aromatic rings. The molecule has 2 atom stereocenters. The van der Waals surface area contributed by atoms with Gasteiger partial charge < -0.3 is 5.32 Å². The van der Waals surface area contributed by atoms with E-state index in [2.05, 4.69) is 5.32 Å². The molecule has 0 radical (unpaired) electrons. The Labute approximate surface area is 172 Å². The minimum atomic E-state index is -3.69. The summed E-state index contributed by atoms with van der Waals surface area (Å²) < 4.78 is 48.9. The Balaban J connectivity index is 2.22. The Kier molecular flexibility index (Phi) is 6.74. The van der Waals surface area contributed by atoms with Gasteiger partial charge in [0.05, 0.1) is 22.9 Å². The van der Waals surface area contributed by atoms with Gasteiger partial charge in [-0.15, -0.1) is 0 Å². The predicted molar refractivity (Wildman–Crippen MR) is 114 cm³/mol. The molecule has 158 valence electrons. The van der Waals surface area contributed by atoms with Crippen molar-refractivity contribution in [2.24, 2.45) is 0 Å². The largest absolute Gasteiger partial charge is 0.348 e. The zero-order chi connectivity index (χ0) is 22.0. The normalized spacial score (nSPS) is 14.1. The number of aryl methyl sites for hydroxylation is 1. The SMILES string of the molecule is Cc1ccc(N([C@H](C)C(=O)N[C@H](C)c2ccc(S(C)(=O)=O)cc2)S(C)(=O)=O)cc1. The highest BCUT2D eigenvalue weighted by Gasteiger charge is 2.29. The number of benzene rings is 2. The molecule has 7 nitrogen and oxygen atoms in total. The molecular weight excluding hydrogens is 412 g/mol. The summed E-state index contributed by atoms with van der Waals surface area (Å²) in [4.78, 5) is 13.0. The van der Waals surface area contributed by atoms with E-state index in [-0.39, 0.29) is 4.90 Å². The molecule has 1 amide bonds. The number of carbonyl (C=O) groups excluding carboxylic acids is 1. The van der Waals surface area contributed by atoms with Crippen LogP contribution in [0.4, 0.5) is 5.69 Å². The van der Waals surface area contributed by atoms with Crippen molar-refractivity contribution in [1.82, 2.24) is 5.32 Å². The van der Waals surface area contributed by atoms with Crippen LogP contribution in [-0.2, 0) is 24.7 Å². The van der Waals surface area contributed by atoms with Crippen LogP contribution in [0.25, 0.3) is 0 Å². The van der Waals surface area contributed by atoms with Gasteiger partial charge in [-0.25, -0.2) is 16.8 Å². The fourth-order valence-electron chi connectivity index (χ4n) is 2.92. The lowest BCUT2D eigenvalue weighted by Crippen LogP contribution is -2.48. The third-order valence-electron chi connectivity index (χ3n) is 4.54. The lowest BCUT2D eigenvalue weighted by molar-refractivity contribution is -0.122. The number of anilines is 1. The quantitative estimate of drug-likeness (QED) is 0.716. The van der Waals surface area contributed by atoms with Crippen molar-refractivity contribution in [2.75, 3.05) is 16.8 Å². The van der Waals surface area contributed by atoms with Crippen LogP contribution >= 0.6 is 0 Å². The van der Waals surface area contributed by atoms with Crippen molar-refractivity contribution < 1.29 is 21.6 Å². The van der Waals surface area contributed by atoms with Crippen LogP contribution in [0.1, 0.15) is 31.0 Å². The van der Waals surface area contributed by atoms with Crippen molar-refractivity contribution in [1.29, 1.82) is 0 Å². The van der Waals surface area contributed by atoms with E-state index in [1.165, 1.54) is 19.1 Å². The maximum Gasteiger partial charge on any atom is 0.244 e. The molecule has 1 N–H and O–H groups in total. The maximum absolute atomic E-state index is 12.8. The number of nitrogens with one attached hydrogen (secondary N) is 1. The first-order chi connectivity index (χ1) is 13.3. The van der Waals surface area contributed by atoms with E-state index in [4.69, 9.17) is 0 Å². The average Bonchev–Trinajstić information content (AvgIpc) is 2.61. The van der Waals surface area contributed by atoms with Gasteiger partial charge in [-0.1, -0.05) is 29.8 Å². The summed E-state index contributed by atoms with van der Waals surface area (Å²) >= 11 is 0. The van der Waals surface area contributed by atoms with Crippen molar-refractivity contribution in [3.05, 3.63) is 59.7 Å². The van der Waals surface area contributed by atoms with Crippen LogP contribution in [0.2, 0.25) is 0 Å². The van der Waals surface area contributed by atoms with Gasteiger partial charge in [0.1, 0.15) is 6.04 Å². The number of rotatable bonds is 7. The first-order valence-corrected chi connectivity index (χ1v) is 12.7. The molecule has 0 aliphatic rings. The molecule has 2 rings (SSSR count). The summed E-state index contributed by atoms with van der Waals surface area (Å²) in [7, 11) is -7.00. The molecule has 0 heterocycles. The summed E-state index contributed by atoms with van der Waals surface area (Å²) in [5.74, 6) is -0.462. The summed E-state index contributed by atoms with van der Waals surface area (Å²) in [6.07, 6.45) is 2.18. The van der Waals surface area contributed by atoms with Crippen LogP contribution in [-0.4, -0.2) is 41.3 Å². The highest BCUT2D eigenvalue weighted by atomic mass is 32.2. The van der Waals surface area contributed by atoms with Crippen LogP contribution < -0.4 is 9.62 Å². The number of sulfonamides is 1. The third kappa shape index (κ3) is 5.80. The van der Waals surface area contributed by atoms with Crippen LogP contribution in [0.15, 0.2) is 53.4 Å². The van der Waals surface area contributed by atoms with Crippen LogP contribution in [0.5, 0.6) is 0 Å². The molecule has 9 heteroatoms. The number of amides is 1. The Morgan fingerprint density at radius 1 is 0.897 bits per heavy atom. The van der Waals surface area contributed by atoms with E-state index in [0.29, 0.717) is 11.3 Å². The van der Waals surface area contributed by atoms with Crippen LogP contribution in [0, 0.1) is 6.92 Å². The molecule has 29 heavy (non-hydrogen) atoms. The number of sulfone groups is 1. The summed E-state index contributed by atoms with van der Waals surface area (Å²) in [5, 5.41) is 2.79. The molecule has 0 aliphatic heterocycles. The van der Waals surface area contributed by atoms with Gasteiger partial charge >= 0.3 is 0 Å². The standard InChI is InChI=1S/C20H26N2O5S2/c1-14-6-10-18(11-7-14)22(29(5,26)27)16(3)20(23)21-15(2)17-8-12-19(13-9-17)28(4,24)25/h6-13,15-16H,1-5H3,(H,21,23)/t15-,16-/m1/s1. The predicted octanol–water partition coefficient (Wildman–Crippen LogP) is 2.43. The molecule has 0 saturated heterocycles. The van der Waals surface area contributed by atoms with Crippen molar-refractivity contribution in [2.45, 2.75) is 37.8 Å². The third-order valence-corrected chi connectivity index (χ3v) is 6.91. The van der Waals surface area contributed by atoms with Crippen LogP contribution in [0.3, 0.4) is 0 Å². The maximum atomic E-state index is 12.8. The van der Waals surface area contributed by atoms with Crippen molar-refractivity contribution in [3.63, 3.8) is 0 Å². The highest BCUT2D eigenvalue weighted by Crippen LogP contribution is 2.22. The fraction of sp³-hybridized carbons (Fsp3) is 0.350. The zero-order valence-electron chi connectivity index (χ0n) is 17.1. The van der Waals surface area contributed by atoms with Gasteiger partial charge in [0.25, 0.3) is 0 Å². The van der Waals surface area contributed by atoms with Gasteiger partial charge in [-0.3, -0.25) is 9.10 Å². The van der Waals surface area contributed by atoms with Gasteiger partial charge in [0.15, 0.2) is 9.84 Å². The first-order valence-electron chi connectivity index (χ1n) is 8.97. The van der Waals surface area contributed by atoms with Gasteiger partial charge in [0, 0.05) is 6.26 Å². The minimum Gasteiger partial charge on any atom is -0.348 e. The molecule has 0 bridgehead atoms. The fourth-order valence-corrected chi connectivity index (χ4v) is 4.73. The number of hydrogen-bond acceptors (Lipinski definition) is 5. The topological polar surface area (TPSA) is 101 Å². The van der Waals surface area contributed by atoms with E-state index in [0.717, 1.165) is 22.4 Å². The molecule has 0 unspecified atom stereocenters. The summed E-state index contributed by atoms with van der Waals surface area (Å²) in [6.45, 7) is 5.16. The number of nitrogens with zero attached hydrogens (tertiary/aromatic N) is 1. The van der Waals surface area contributed by atoms with E-state index < -0.39 is 37.9 Å². The lowest BCUT2D eigenvalue weighted by atomic mass is 10.1. The summed E-state index contributed by atoms with van der Waals surface area (Å²) in [6, 6.07) is 11.7. The second-order valence-electron chi connectivity index (χ2n) is 7.14. The number of hydrogen-bond donors (Lipinski definition) is 1. The Morgan fingerprint density at radius 3 is 1.86 bits per heavy atom. The Bertz CT molecular complexity index is 1080. The van der Waals surface area contributed by atoms with E-state index in [9.17, 15) is 21.6 Å². The Hall–Kier alpha value is -2.39. The lowest BCUT2D eigenvalue weighted by Gasteiger charge is -2.29. The molecule has 2 aromatic carbocycles. The number of carbonyl (C=O) groups is 1. The molecular formula is C20H26N2O5S2. The van der Waals surface area contributed by atoms with E-state index in [1.54, 1.807) is 43.3 Å². The van der Waals surface area contributed by atoms with Gasteiger partial charge in [-0.05, 0) is 50.6 Å². The van der Waals surface area contributed by atoms with E-state index >= 15 is 0 Å². The first kappa shape index (κ1) is 22.9. The minimum absolute atomic E-state index is 0.191. The molecule has 0 spiro atoms. The van der Waals surface area contributed by atoms with Crippen molar-refractivity contribution >= 4 is 31.5 Å². The second kappa shape index (κ2) is 8.54. The van der Waals surface area contributed by atoms with Gasteiger partial charge in [0.2, 0.25) is 15.9 Å². The van der Waals surface area contributed by atoms with E-state index in [1.807, 2.05) is 6.92 Å². The van der Waals surface area contributed by atoms with Gasteiger partial charge in [-0.2, -0.15) is 0 Å². The monoisotopic (exact) mass is 438 g/mol. The second-order valence-corrected chi connectivity index (χ2v) is 11.0. The smallest absolute Gasteiger partial charge is 0.244 e. The summed E-state index contributed by atoms with van der Waals surface area (Å²) in [5.41, 5.74) is 2.09. The average molecular weight is 439 g/mol. The van der Waals surface area contributed by atoms with Crippen molar-refractivity contribution in [3.8, 4) is 0 Å².